The normalized spacial score (nSPS) is 16.9. The van der Waals surface area contributed by atoms with Crippen molar-refractivity contribution in [1.82, 2.24) is 10.2 Å². The van der Waals surface area contributed by atoms with Crippen molar-refractivity contribution in [3.63, 3.8) is 0 Å². The van der Waals surface area contributed by atoms with Crippen molar-refractivity contribution in [2.24, 2.45) is 10.7 Å². The molecule has 1 aromatic carbocycles. The highest BCUT2D eigenvalue weighted by Crippen LogP contribution is 2.19. The predicted molar refractivity (Wildman–Crippen MR) is 97.4 cm³/mol. The van der Waals surface area contributed by atoms with E-state index in [-0.39, 0.29) is 5.54 Å². The van der Waals surface area contributed by atoms with E-state index < -0.39 is 0 Å². The molecule has 6 nitrogen and oxygen atoms in total. The molecular formula is C18H30N4O2. The molecule has 1 fully saturated rings. The summed E-state index contributed by atoms with van der Waals surface area (Å²) >= 11 is 0. The molecule has 1 aliphatic rings. The van der Waals surface area contributed by atoms with Gasteiger partial charge in [0.05, 0.1) is 19.8 Å². The summed E-state index contributed by atoms with van der Waals surface area (Å²) in [6.45, 7) is 11.8. The van der Waals surface area contributed by atoms with Crippen LogP contribution >= 0.6 is 0 Å². The number of hydrogen-bond acceptors (Lipinski definition) is 4. The third kappa shape index (κ3) is 6.76. The molecule has 1 aliphatic heterocycles. The van der Waals surface area contributed by atoms with Gasteiger partial charge in [-0.3, -0.25) is 4.90 Å². The Bertz CT molecular complexity index is 534. The van der Waals surface area contributed by atoms with Gasteiger partial charge in [-0.15, -0.1) is 0 Å². The van der Waals surface area contributed by atoms with Crippen LogP contribution in [0.1, 0.15) is 26.3 Å². The summed E-state index contributed by atoms with van der Waals surface area (Å²) in [6.07, 6.45) is 0. The van der Waals surface area contributed by atoms with Crippen LogP contribution in [0.5, 0.6) is 5.75 Å². The Balaban J connectivity index is 1.86. The van der Waals surface area contributed by atoms with Crippen LogP contribution in [0.3, 0.4) is 0 Å². The van der Waals surface area contributed by atoms with Crippen LogP contribution in [-0.4, -0.2) is 55.9 Å². The lowest BCUT2D eigenvalue weighted by Gasteiger charge is -2.26. The first kappa shape index (κ1) is 18.5. The van der Waals surface area contributed by atoms with Crippen molar-refractivity contribution in [3.05, 3.63) is 29.8 Å². The third-order valence-electron chi connectivity index (χ3n) is 3.66. The fourth-order valence-electron chi connectivity index (χ4n) is 2.48. The highest BCUT2D eigenvalue weighted by atomic mass is 16.5. The van der Waals surface area contributed by atoms with E-state index in [1.54, 1.807) is 0 Å². The summed E-state index contributed by atoms with van der Waals surface area (Å²) in [7, 11) is 0. The van der Waals surface area contributed by atoms with Crippen molar-refractivity contribution >= 4 is 5.96 Å². The van der Waals surface area contributed by atoms with Crippen molar-refractivity contribution in [1.29, 1.82) is 0 Å². The summed E-state index contributed by atoms with van der Waals surface area (Å²) < 4.78 is 11.3. The maximum atomic E-state index is 5.96. The van der Waals surface area contributed by atoms with Crippen molar-refractivity contribution in [2.75, 3.05) is 39.5 Å². The highest BCUT2D eigenvalue weighted by Gasteiger charge is 2.11. The van der Waals surface area contributed by atoms with Gasteiger partial charge < -0.3 is 20.5 Å². The van der Waals surface area contributed by atoms with Crippen LogP contribution < -0.4 is 15.8 Å². The number of nitrogens with two attached hydrogens (primary N) is 1. The van der Waals surface area contributed by atoms with E-state index in [2.05, 4.69) is 36.0 Å². The first-order valence-electron chi connectivity index (χ1n) is 8.53. The average molecular weight is 334 g/mol. The predicted octanol–water partition coefficient (Wildman–Crippen LogP) is 1.60. The second-order valence-electron chi connectivity index (χ2n) is 6.99. The number of aliphatic imine (C=N–C) groups is 1. The third-order valence-corrected chi connectivity index (χ3v) is 3.66. The quantitative estimate of drug-likeness (QED) is 0.611. The first-order valence-corrected chi connectivity index (χ1v) is 8.53. The Morgan fingerprint density at radius 2 is 2.00 bits per heavy atom. The van der Waals surface area contributed by atoms with Crippen LogP contribution in [0.15, 0.2) is 29.3 Å². The molecule has 0 unspecified atom stereocenters. The van der Waals surface area contributed by atoms with Gasteiger partial charge in [-0.2, -0.15) is 0 Å². The molecule has 0 radical (unpaired) electrons. The van der Waals surface area contributed by atoms with E-state index in [9.17, 15) is 0 Å². The monoisotopic (exact) mass is 334 g/mol. The Kier molecular flexibility index (Phi) is 6.87. The molecule has 0 bridgehead atoms. The number of para-hydroxylation sites is 1. The number of hydrogen-bond donors (Lipinski definition) is 2. The van der Waals surface area contributed by atoms with Crippen LogP contribution in [0, 0.1) is 0 Å². The second kappa shape index (κ2) is 8.89. The number of nitrogens with zero attached hydrogens (tertiary/aromatic N) is 2. The Morgan fingerprint density at radius 3 is 2.71 bits per heavy atom. The smallest absolute Gasteiger partial charge is 0.189 e. The summed E-state index contributed by atoms with van der Waals surface area (Å²) in [5, 5.41) is 3.16. The largest absolute Gasteiger partial charge is 0.492 e. The Morgan fingerprint density at radius 1 is 1.29 bits per heavy atom. The highest BCUT2D eigenvalue weighted by molar-refractivity contribution is 5.78. The molecule has 1 aromatic rings. The van der Waals surface area contributed by atoms with Gasteiger partial charge in [-0.25, -0.2) is 4.99 Å². The molecule has 2 rings (SSSR count). The minimum absolute atomic E-state index is 0.0955. The van der Waals surface area contributed by atoms with Gasteiger partial charge >= 0.3 is 0 Å². The Labute approximate surface area is 145 Å². The minimum atomic E-state index is -0.0955. The summed E-state index contributed by atoms with van der Waals surface area (Å²) in [6, 6.07) is 7.98. The maximum absolute atomic E-state index is 5.96. The topological polar surface area (TPSA) is 72.1 Å². The summed E-state index contributed by atoms with van der Waals surface area (Å²) in [4.78, 5) is 6.77. The lowest BCUT2D eigenvalue weighted by Crippen LogP contribution is -2.44. The molecule has 24 heavy (non-hydrogen) atoms. The summed E-state index contributed by atoms with van der Waals surface area (Å²) in [5.41, 5.74) is 6.88. The minimum Gasteiger partial charge on any atom is -0.492 e. The van der Waals surface area contributed by atoms with Gasteiger partial charge in [0.25, 0.3) is 0 Å². The molecule has 0 aromatic heterocycles. The zero-order chi connectivity index (χ0) is 17.4. The van der Waals surface area contributed by atoms with Crippen molar-refractivity contribution in [3.8, 4) is 5.75 Å². The number of ether oxygens (including phenoxy) is 2. The van der Waals surface area contributed by atoms with Gasteiger partial charge in [-0.1, -0.05) is 18.2 Å². The maximum Gasteiger partial charge on any atom is 0.189 e. The SMILES string of the molecule is CC(C)(C)NC(N)=NCc1ccccc1OCCN1CCOCC1. The van der Waals surface area contributed by atoms with Gasteiger partial charge in [0.1, 0.15) is 12.4 Å². The van der Waals surface area contributed by atoms with Gasteiger partial charge in [0.15, 0.2) is 5.96 Å². The van der Waals surface area contributed by atoms with Crippen LogP contribution in [0.2, 0.25) is 0 Å². The van der Waals surface area contributed by atoms with Gasteiger partial charge in [0.2, 0.25) is 0 Å². The lowest BCUT2D eigenvalue weighted by molar-refractivity contribution is 0.0322. The fraction of sp³-hybridized carbons (Fsp3) is 0.611. The second-order valence-corrected chi connectivity index (χ2v) is 6.99. The molecule has 0 saturated carbocycles. The summed E-state index contributed by atoms with van der Waals surface area (Å²) in [5.74, 6) is 1.32. The molecule has 1 heterocycles. The standard InChI is InChI=1S/C18H30N4O2/c1-18(2,3)21-17(19)20-14-15-6-4-5-7-16(15)24-13-10-22-8-11-23-12-9-22/h4-7H,8-14H2,1-3H3,(H3,19,20,21). The lowest BCUT2D eigenvalue weighted by atomic mass is 10.1. The van der Waals surface area contributed by atoms with E-state index in [1.165, 1.54) is 0 Å². The molecule has 0 atom stereocenters. The van der Waals surface area contributed by atoms with Crippen LogP contribution in [0.25, 0.3) is 0 Å². The van der Waals surface area contributed by atoms with E-state index in [4.69, 9.17) is 15.2 Å². The molecular weight excluding hydrogens is 304 g/mol. The van der Waals surface area contributed by atoms with Crippen LogP contribution in [0.4, 0.5) is 0 Å². The van der Waals surface area contributed by atoms with E-state index in [1.807, 2.05) is 24.3 Å². The van der Waals surface area contributed by atoms with Gasteiger partial charge in [0, 0.05) is 30.7 Å². The average Bonchev–Trinajstić information content (AvgIpc) is 2.53. The Hall–Kier alpha value is -1.79. The molecule has 1 saturated heterocycles. The van der Waals surface area contributed by atoms with E-state index >= 15 is 0 Å². The number of benzene rings is 1. The number of rotatable bonds is 6. The zero-order valence-corrected chi connectivity index (χ0v) is 15.0. The molecule has 0 amide bonds. The molecule has 3 N–H and O–H groups in total. The zero-order valence-electron chi connectivity index (χ0n) is 15.0. The molecule has 0 aliphatic carbocycles. The van der Waals surface area contributed by atoms with Crippen molar-refractivity contribution < 1.29 is 9.47 Å². The van der Waals surface area contributed by atoms with E-state index in [0.717, 1.165) is 44.2 Å². The number of nitrogens with one attached hydrogen (secondary N) is 1. The van der Waals surface area contributed by atoms with Gasteiger partial charge in [-0.05, 0) is 26.8 Å². The molecule has 0 spiro atoms. The molecule has 134 valence electrons. The molecule has 6 heteroatoms. The fourth-order valence-corrected chi connectivity index (χ4v) is 2.48. The van der Waals surface area contributed by atoms with Crippen LogP contribution in [-0.2, 0) is 11.3 Å². The number of morpholine rings is 1. The first-order chi connectivity index (χ1) is 11.4. The van der Waals surface area contributed by atoms with Crippen molar-refractivity contribution in [2.45, 2.75) is 32.9 Å². The number of guanidine groups is 1. The van der Waals surface area contributed by atoms with E-state index in [0.29, 0.717) is 19.1 Å².